The Balaban J connectivity index is 1.33. The van der Waals surface area contributed by atoms with Gasteiger partial charge < -0.3 is 24.8 Å². The topological polar surface area (TPSA) is 117 Å². The number of hydrogen-bond donors (Lipinski definition) is 3. The third-order valence-electron chi connectivity index (χ3n) is 12.1. The number of fused-ring (bicyclic) bond motifs is 8. The maximum absolute atomic E-state index is 13.4. The molecule has 1 saturated heterocycles. The Kier molecular flexibility index (Phi) is 4.94. The minimum absolute atomic E-state index is 0.0349. The lowest BCUT2D eigenvalue weighted by Gasteiger charge is -2.62. The summed E-state index contributed by atoms with van der Waals surface area (Å²) in [4.78, 5) is 25.8. The molecule has 0 spiro atoms. The van der Waals surface area contributed by atoms with Crippen LogP contribution in [0.2, 0.25) is 0 Å². The fourth-order valence-electron chi connectivity index (χ4n) is 9.66. The Morgan fingerprint density at radius 3 is 2.40 bits per heavy atom. The number of carbonyl (C=O) groups is 2. The van der Waals surface area contributed by atoms with Crippen LogP contribution in [0.15, 0.2) is 11.1 Å². The predicted octanol–water partition coefficient (Wildman–Crippen LogP) is 2.69. The van der Waals surface area contributed by atoms with Gasteiger partial charge in [-0.3, -0.25) is 4.79 Å². The molecule has 0 bridgehead atoms. The Labute approximate surface area is 207 Å². The highest BCUT2D eigenvalue weighted by Crippen LogP contribution is 2.73. The second-order valence-electron chi connectivity index (χ2n) is 13.2. The molecule has 0 radical (unpaired) electrons. The molecule has 0 aromatic carbocycles. The minimum atomic E-state index is -1.33. The van der Waals surface area contributed by atoms with Crippen LogP contribution in [-0.4, -0.2) is 62.7 Å². The van der Waals surface area contributed by atoms with Crippen molar-refractivity contribution in [3.05, 3.63) is 11.1 Å². The first-order valence-corrected chi connectivity index (χ1v) is 13.5. The van der Waals surface area contributed by atoms with Crippen LogP contribution < -0.4 is 0 Å². The molecule has 6 rings (SSSR count). The first kappa shape index (κ1) is 24.1. The number of Topliss-reactive ketones (excluding diaryl/α,β-unsaturated/α-hetero) is 1. The molecule has 3 N–H and O–H groups in total. The number of hydrogen-bond acceptors (Lipinski definition) is 7. The lowest BCUT2D eigenvalue weighted by atomic mass is 9.42. The van der Waals surface area contributed by atoms with Crippen LogP contribution in [0.3, 0.4) is 0 Å². The van der Waals surface area contributed by atoms with Crippen LogP contribution in [0.4, 0.5) is 0 Å². The van der Waals surface area contributed by atoms with Gasteiger partial charge in [-0.2, -0.15) is 0 Å². The zero-order valence-corrected chi connectivity index (χ0v) is 21.5. The number of rotatable bonds is 2. The average Bonchev–Trinajstić information content (AvgIpc) is 3.55. The van der Waals surface area contributed by atoms with E-state index in [1.54, 1.807) is 6.92 Å². The largest absolute Gasteiger partial charge is 0.458 e. The van der Waals surface area contributed by atoms with E-state index in [-0.39, 0.29) is 60.5 Å². The van der Waals surface area contributed by atoms with Crippen molar-refractivity contribution in [1.82, 2.24) is 0 Å². The predicted molar refractivity (Wildman–Crippen MR) is 126 cm³/mol. The molecule has 0 aromatic rings. The van der Waals surface area contributed by atoms with Crippen LogP contribution in [-0.2, 0) is 19.1 Å². The molecule has 4 saturated carbocycles. The van der Waals surface area contributed by atoms with E-state index in [4.69, 9.17) is 9.47 Å². The van der Waals surface area contributed by atoms with Crippen molar-refractivity contribution in [2.45, 2.75) is 115 Å². The number of aliphatic hydroxyl groups is 3. The van der Waals surface area contributed by atoms with Gasteiger partial charge in [-0.15, -0.1) is 0 Å². The highest BCUT2D eigenvalue weighted by Gasteiger charge is 2.79. The first-order valence-electron chi connectivity index (χ1n) is 13.5. The average molecular weight is 489 g/mol. The Morgan fingerprint density at radius 2 is 1.71 bits per heavy atom. The summed E-state index contributed by atoms with van der Waals surface area (Å²) < 4.78 is 12.0. The van der Waals surface area contributed by atoms with E-state index in [0.717, 1.165) is 24.8 Å². The summed E-state index contributed by atoms with van der Waals surface area (Å²) in [5.74, 6) is -0.361. The first-order chi connectivity index (χ1) is 16.3. The molecule has 7 nitrogen and oxygen atoms in total. The number of ether oxygens (including phenoxy) is 2. The van der Waals surface area contributed by atoms with Gasteiger partial charge in [0.25, 0.3) is 0 Å². The molecular weight excluding hydrogens is 448 g/mol. The van der Waals surface area contributed by atoms with E-state index in [9.17, 15) is 24.9 Å². The van der Waals surface area contributed by atoms with Gasteiger partial charge in [0, 0.05) is 30.8 Å². The molecule has 5 fully saturated rings. The van der Waals surface area contributed by atoms with Crippen molar-refractivity contribution in [1.29, 1.82) is 0 Å². The van der Waals surface area contributed by atoms with E-state index in [2.05, 4.69) is 6.92 Å². The molecule has 7 heteroatoms. The second kappa shape index (κ2) is 7.18. The molecule has 194 valence electrons. The van der Waals surface area contributed by atoms with Gasteiger partial charge in [0.05, 0.1) is 23.2 Å². The summed E-state index contributed by atoms with van der Waals surface area (Å²) in [7, 11) is 0. The molecule has 4 aliphatic carbocycles. The SMILES string of the molecule is CC1=C(C)C(=O)OC([C@@H](C)[C@@]2(O)CC[C@H]3[C@@H]4[C@@H]5O[C@@H]5[C@@]5(O)C[C@@H](O)CC(=O)[C@]5(C)[C@H]4CC[C@@]32C)C1. The minimum Gasteiger partial charge on any atom is -0.458 e. The van der Waals surface area contributed by atoms with E-state index < -0.39 is 34.2 Å². The van der Waals surface area contributed by atoms with Crippen molar-refractivity contribution >= 4 is 11.8 Å². The van der Waals surface area contributed by atoms with Gasteiger partial charge in [-0.25, -0.2) is 4.79 Å². The van der Waals surface area contributed by atoms with E-state index >= 15 is 0 Å². The van der Waals surface area contributed by atoms with Gasteiger partial charge in [-0.1, -0.05) is 19.4 Å². The van der Waals surface area contributed by atoms with Crippen LogP contribution in [0.25, 0.3) is 0 Å². The van der Waals surface area contributed by atoms with Gasteiger partial charge in [0.1, 0.15) is 23.6 Å². The number of cyclic esters (lactones) is 1. The van der Waals surface area contributed by atoms with E-state index in [1.165, 1.54) is 0 Å². The lowest BCUT2D eigenvalue weighted by Crippen LogP contribution is -2.70. The maximum atomic E-state index is 13.4. The van der Waals surface area contributed by atoms with Crippen molar-refractivity contribution in [2.75, 3.05) is 0 Å². The van der Waals surface area contributed by atoms with Gasteiger partial charge in [0.15, 0.2) is 0 Å². The highest BCUT2D eigenvalue weighted by atomic mass is 16.6. The van der Waals surface area contributed by atoms with Crippen LogP contribution in [0.1, 0.15) is 79.6 Å². The summed E-state index contributed by atoms with van der Waals surface area (Å²) in [6.45, 7) is 9.88. The highest BCUT2D eigenvalue weighted by molar-refractivity contribution is 5.89. The smallest absolute Gasteiger partial charge is 0.333 e. The monoisotopic (exact) mass is 488 g/mol. The Hall–Kier alpha value is -1.28. The molecule has 12 atom stereocenters. The zero-order valence-electron chi connectivity index (χ0n) is 21.5. The summed E-state index contributed by atoms with van der Waals surface area (Å²) in [5.41, 5.74) is -1.98. The lowest BCUT2D eigenvalue weighted by molar-refractivity contribution is -0.217. The van der Waals surface area contributed by atoms with Crippen LogP contribution >= 0.6 is 0 Å². The number of ketones is 1. The third-order valence-corrected chi connectivity index (χ3v) is 12.1. The van der Waals surface area contributed by atoms with Crippen LogP contribution in [0, 0.1) is 34.5 Å². The fourth-order valence-corrected chi connectivity index (χ4v) is 9.66. The standard InChI is InChI=1S/C28H40O7/c1-13-10-19(34-24(31)14(13)2)15(3)27(32)9-7-17-21-18(6-8-25(17,27)4)26(5)20(30)11-16(29)12-28(26,33)23-22(21)35-23/h15-19,21-23,29,32-33H,6-12H2,1-5H3/t15-,16+,17+,18+,19?,21+,22+,23+,25+,26+,27+,28+/m1/s1. The van der Waals surface area contributed by atoms with Crippen molar-refractivity contribution in [3.63, 3.8) is 0 Å². The summed E-state index contributed by atoms with van der Waals surface area (Å²) in [6.07, 6.45) is 2.07. The molecule has 2 heterocycles. The number of aliphatic hydroxyl groups excluding tert-OH is 1. The summed E-state index contributed by atoms with van der Waals surface area (Å²) >= 11 is 0. The molecule has 0 aromatic heterocycles. The molecule has 6 aliphatic rings. The zero-order chi connectivity index (χ0) is 25.3. The van der Waals surface area contributed by atoms with Gasteiger partial charge in [0.2, 0.25) is 0 Å². The molecule has 0 amide bonds. The second-order valence-corrected chi connectivity index (χ2v) is 13.2. The molecule has 1 unspecified atom stereocenters. The fraction of sp³-hybridized carbons (Fsp3) is 0.857. The van der Waals surface area contributed by atoms with Gasteiger partial charge in [-0.05, 0) is 69.6 Å². The van der Waals surface area contributed by atoms with Gasteiger partial charge >= 0.3 is 5.97 Å². The maximum Gasteiger partial charge on any atom is 0.333 e. The summed E-state index contributed by atoms with van der Waals surface area (Å²) in [5, 5.41) is 34.4. The van der Waals surface area contributed by atoms with E-state index in [0.29, 0.717) is 18.4 Å². The van der Waals surface area contributed by atoms with Crippen LogP contribution in [0.5, 0.6) is 0 Å². The Bertz CT molecular complexity index is 1020. The molecular formula is C28H40O7. The summed E-state index contributed by atoms with van der Waals surface area (Å²) in [6, 6.07) is 0. The molecule has 35 heavy (non-hydrogen) atoms. The number of esters is 1. The van der Waals surface area contributed by atoms with Crippen molar-refractivity contribution in [2.24, 2.45) is 34.5 Å². The quantitative estimate of drug-likeness (QED) is 0.404. The number of epoxide rings is 1. The van der Waals surface area contributed by atoms with E-state index in [1.807, 2.05) is 20.8 Å². The van der Waals surface area contributed by atoms with Crippen molar-refractivity contribution in [3.8, 4) is 0 Å². The molecule has 2 aliphatic heterocycles. The number of carbonyl (C=O) groups excluding carboxylic acids is 2. The third kappa shape index (κ3) is 2.76. The van der Waals surface area contributed by atoms with Crippen molar-refractivity contribution < 1.29 is 34.4 Å². The Morgan fingerprint density at radius 1 is 1.03 bits per heavy atom. The normalized spacial score (nSPS) is 55.9.